The van der Waals surface area contributed by atoms with Crippen molar-refractivity contribution in [3.8, 4) is 0 Å². The van der Waals surface area contributed by atoms with Crippen LogP contribution in [-0.2, 0) is 4.74 Å². The Labute approximate surface area is 109 Å². The van der Waals surface area contributed by atoms with Crippen LogP contribution in [0, 0.1) is 0 Å². The first kappa shape index (κ1) is 12.2. The van der Waals surface area contributed by atoms with Crippen molar-refractivity contribution in [2.24, 2.45) is 0 Å². The van der Waals surface area contributed by atoms with Crippen molar-refractivity contribution < 1.29 is 4.74 Å². The highest BCUT2D eigenvalue weighted by atomic mass is 16.5. The second-order valence-electron chi connectivity index (χ2n) is 5.31. The summed E-state index contributed by atoms with van der Waals surface area (Å²) in [6, 6.07) is 12.0. The SMILES string of the molecule is c1ccc(C(CNC2COC2)N2CCCC2)cc1. The molecule has 0 radical (unpaired) electrons. The monoisotopic (exact) mass is 246 g/mol. The van der Waals surface area contributed by atoms with Crippen molar-refractivity contribution in [3.63, 3.8) is 0 Å². The van der Waals surface area contributed by atoms with Crippen LogP contribution < -0.4 is 5.32 Å². The zero-order valence-electron chi connectivity index (χ0n) is 10.8. The summed E-state index contributed by atoms with van der Waals surface area (Å²) >= 11 is 0. The minimum atomic E-state index is 0.522. The van der Waals surface area contributed by atoms with E-state index >= 15 is 0 Å². The molecular weight excluding hydrogens is 224 g/mol. The third-order valence-electron chi connectivity index (χ3n) is 4.00. The van der Waals surface area contributed by atoms with Crippen LogP contribution in [0.15, 0.2) is 30.3 Å². The minimum Gasteiger partial charge on any atom is -0.378 e. The second-order valence-corrected chi connectivity index (χ2v) is 5.31. The van der Waals surface area contributed by atoms with Gasteiger partial charge in [0.05, 0.1) is 19.3 Å². The minimum absolute atomic E-state index is 0.522. The maximum absolute atomic E-state index is 5.22. The van der Waals surface area contributed by atoms with E-state index in [-0.39, 0.29) is 0 Å². The maximum atomic E-state index is 5.22. The van der Waals surface area contributed by atoms with Crippen molar-refractivity contribution in [1.82, 2.24) is 10.2 Å². The Balaban J connectivity index is 1.66. The van der Waals surface area contributed by atoms with Crippen molar-refractivity contribution in [2.45, 2.75) is 24.9 Å². The molecular formula is C15H22N2O. The lowest BCUT2D eigenvalue weighted by Crippen LogP contribution is -2.48. The summed E-state index contributed by atoms with van der Waals surface area (Å²) in [5.41, 5.74) is 1.44. The summed E-state index contributed by atoms with van der Waals surface area (Å²) in [5.74, 6) is 0. The zero-order valence-corrected chi connectivity index (χ0v) is 10.8. The Bertz CT molecular complexity index is 358. The van der Waals surface area contributed by atoms with Gasteiger partial charge in [0, 0.05) is 12.6 Å². The molecule has 0 spiro atoms. The Kier molecular flexibility index (Phi) is 3.93. The molecule has 1 aromatic rings. The first-order valence-corrected chi connectivity index (χ1v) is 7.03. The molecule has 0 amide bonds. The summed E-state index contributed by atoms with van der Waals surface area (Å²) < 4.78 is 5.22. The smallest absolute Gasteiger partial charge is 0.0643 e. The third kappa shape index (κ3) is 2.74. The number of ether oxygens (including phenoxy) is 1. The second kappa shape index (κ2) is 5.83. The van der Waals surface area contributed by atoms with Gasteiger partial charge in [0.15, 0.2) is 0 Å². The molecule has 0 saturated carbocycles. The van der Waals surface area contributed by atoms with Crippen LogP contribution >= 0.6 is 0 Å². The van der Waals surface area contributed by atoms with Gasteiger partial charge >= 0.3 is 0 Å². The number of likely N-dealkylation sites (tertiary alicyclic amines) is 1. The molecule has 98 valence electrons. The van der Waals surface area contributed by atoms with Gasteiger partial charge in [-0.15, -0.1) is 0 Å². The Morgan fingerprint density at radius 3 is 2.50 bits per heavy atom. The van der Waals surface area contributed by atoms with Gasteiger partial charge in [0.2, 0.25) is 0 Å². The predicted molar refractivity (Wildman–Crippen MR) is 72.6 cm³/mol. The topological polar surface area (TPSA) is 24.5 Å². The number of benzene rings is 1. The molecule has 0 bridgehead atoms. The molecule has 1 unspecified atom stereocenters. The van der Waals surface area contributed by atoms with Crippen LogP contribution in [0.1, 0.15) is 24.4 Å². The first-order chi connectivity index (χ1) is 8.93. The molecule has 2 saturated heterocycles. The average molecular weight is 246 g/mol. The number of hydrogen-bond acceptors (Lipinski definition) is 3. The number of hydrogen-bond donors (Lipinski definition) is 1. The molecule has 0 aliphatic carbocycles. The molecule has 1 N–H and O–H groups in total. The standard InChI is InChI=1S/C15H22N2O/c1-2-6-13(7-3-1)15(17-8-4-5-9-17)10-16-14-11-18-12-14/h1-3,6-7,14-16H,4-5,8-12H2. The number of nitrogens with one attached hydrogen (secondary N) is 1. The van der Waals surface area contributed by atoms with Crippen molar-refractivity contribution in [1.29, 1.82) is 0 Å². The fourth-order valence-electron chi connectivity index (χ4n) is 2.82. The normalized spacial score (nSPS) is 22.9. The molecule has 2 aliphatic heterocycles. The van der Waals surface area contributed by atoms with E-state index in [1.807, 2.05) is 0 Å². The summed E-state index contributed by atoms with van der Waals surface area (Å²) in [6.07, 6.45) is 2.69. The molecule has 2 fully saturated rings. The van der Waals surface area contributed by atoms with E-state index in [2.05, 4.69) is 40.5 Å². The summed E-state index contributed by atoms with van der Waals surface area (Å²) in [6.45, 7) is 5.27. The van der Waals surface area contributed by atoms with Crippen LogP contribution in [0.4, 0.5) is 0 Å². The molecule has 3 rings (SSSR count). The van der Waals surface area contributed by atoms with Crippen LogP contribution in [-0.4, -0.2) is 43.8 Å². The number of rotatable bonds is 5. The highest BCUT2D eigenvalue weighted by Gasteiger charge is 2.25. The first-order valence-electron chi connectivity index (χ1n) is 7.03. The van der Waals surface area contributed by atoms with Crippen LogP contribution in [0.25, 0.3) is 0 Å². The van der Waals surface area contributed by atoms with E-state index in [9.17, 15) is 0 Å². The van der Waals surface area contributed by atoms with Gasteiger partial charge in [-0.2, -0.15) is 0 Å². The Morgan fingerprint density at radius 2 is 1.89 bits per heavy atom. The molecule has 0 aromatic heterocycles. The predicted octanol–water partition coefficient (Wildman–Crippen LogP) is 1.81. The fourth-order valence-corrected chi connectivity index (χ4v) is 2.82. The lowest BCUT2D eigenvalue weighted by Gasteiger charge is -2.33. The average Bonchev–Trinajstić information content (AvgIpc) is 2.87. The van der Waals surface area contributed by atoms with Gasteiger partial charge in [-0.1, -0.05) is 30.3 Å². The highest BCUT2D eigenvalue weighted by Crippen LogP contribution is 2.24. The van der Waals surface area contributed by atoms with E-state index in [4.69, 9.17) is 4.74 Å². The molecule has 2 aliphatic rings. The van der Waals surface area contributed by atoms with Gasteiger partial charge in [-0.05, 0) is 31.5 Å². The van der Waals surface area contributed by atoms with Gasteiger partial charge < -0.3 is 10.1 Å². The van der Waals surface area contributed by atoms with Crippen molar-refractivity contribution in [2.75, 3.05) is 32.8 Å². The lowest BCUT2D eigenvalue weighted by molar-refractivity contribution is -0.00763. The molecule has 3 nitrogen and oxygen atoms in total. The van der Waals surface area contributed by atoms with E-state index < -0.39 is 0 Å². The van der Waals surface area contributed by atoms with Gasteiger partial charge in [-0.25, -0.2) is 0 Å². The molecule has 1 aromatic carbocycles. The lowest BCUT2D eigenvalue weighted by atomic mass is 10.0. The van der Waals surface area contributed by atoms with Crippen molar-refractivity contribution in [3.05, 3.63) is 35.9 Å². The van der Waals surface area contributed by atoms with Gasteiger partial charge in [0.25, 0.3) is 0 Å². The molecule has 2 heterocycles. The zero-order chi connectivity index (χ0) is 12.2. The Hall–Kier alpha value is -0.900. The van der Waals surface area contributed by atoms with Gasteiger partial charge in [0.1, 0.15) is 0 Å². The summed E-state index contributed by atoms with van der Waals surface area (Å²) in [5, 5.41) is 3.63. The summed E-state index contributed by atoms with van der Waals surface area (Å²) in [4.78, 5) is 2.61. The molecule has 1 atom stereocenters. The van der Waals surface area contributed by atoms with Crippen LogP contribution in [0.2, 0.25) is 0 Å². The van der Waals surface area contributed by atoms with Crippen LogP contribution in [0.3, 0.4) is 0 Å². The highest BCUT2D eigenvalue weighted by molar-refractivity contribution is 5.19. The number of nitrogens with zero attached hydrogens (tertiary/aromatic N) is 1. The molecule has 3 heteroatoms. The third-order valence-corrected chi connectivity index (χ3v) is 4.00. The van der Waals surface area contributed by atoms with Crippen LogP contribution in [0.5, 0.6) is 0 Å². The quantitative estimate of drug-likeness (QED) is 0.857. The van der Waals surface area contributed by atoms with E-state index in [0.29, 0.717) is 12.1 Å². The maximum Gasteiger partial charge on any atom is 0.0643 e. The summed E-state index contributed by atoms with van der Waals surface area (Å²) in [7, 11) is 0. The van der Waals surface area contributed by atoms with Crippen molar-refractivity contribution >= 4 is 0 Å². The van der Waals surface area contributed by atoms with E-state index in [1.165, 1.54) is 31.5 Å². The fraction of sp³-hybridized carbons (Fsp3) is 0.600. The van der Waals surface area contributed by atoms with Gasteiger partial charge in [-0.3, -0.25) is 4.90 Å². The molecule has 18 heavy (non-hydrogen) atoms. The Morgan fingerprint density at radius 1 is 1.17 bits per heavy atom. The van der Waals surface area contributed by atoms with E-state index in [1.54, 1.807) is 0 Å². The van der Waals surface area contributed by atoms with E-state index in [0.717, 1.165) is 19.8 Å². The largest absolute Gasteiger partial charge is 0.378 e.